The van der Waals surface area contributed by atoms with Crippen LogP contribution in [0.5, 0.6) is 0 Å². The number of hydrogen-bond donors (Lipinski definition) is 1. The zero-order valence-corrected chi connectivity index (χ0v) is 13.4. The average Bonchev–Trinajstić information content (AvgIpc) is 2.14. The number of rotatable bonds is 3. The first kappa shape index (κ1) is 15.2. The van der Waals surface area contributed by atoms with Crippen LogP contribution in [0.15, 0.2) is 0 Å². The van der Waals surface area contributed by atoms with Crippen LogP contribution in [0.1, 0.15) is 72.1 Å². The van der Waals surface area contributed by atoms with Crippen LogP contribution in [0.4, 0.5) is 0 Å². The molecule has 0 aromatic carbocycles. The molecular formula is C15H32OSi. The maximum absolute atomic E-state index is 10.6. The maximum Gasteiger partial charge on any atom is 0.190 e. The molecule has 1 atom stereocenters. The minimum atomic E-state index is -2.02. The molecule has 0 spiro atoms. The fourth-order valence-corrected chi connectivity index (χ4v) is 4.41. The molecule has 1 aliphatic carbocycles. The van der Waals surface area contributed by atoms with E-state index in [1.807, 2.05) is 0 Å². The fourth-order valence-electron chi connectivity index (χ4n) is 2.69. The lowest BCUT2D eigenvalue weighted by Crippen LogP contribution is -2.41. The lowest BCUT2D eigenvalue weighted by Gasteiger charge is -2.35. The van der Waals surface area contributed by atoms with Crippen molar-refractivity contribution in [1.29, 1.82) is 0 Å². The minimum absolute atomic E-state index is 0.134. The SMILES string of the molecule is CC(C)(C)[Si](C)(O)CCC1CCCCCCC1. The maximum atomic E-state index is 10.6. The molecule has 0 heterocycles. The first-order chi connectivity index (χ1) is 7.83. The Morgan fingerprint density at radius 2 is 1.47 bits per heavy atom. The van der Waals surface area contributed by atoms with Crippen molar-refractivity contribution in [3.05, 3.63) is 0 Å². The molecule has 1 rings (SSSR count). The second kappa shape index (κ2) is 6.37. The van der Waals surface area contributed by atoms with Crippen molar-refractivity contribution in [3.8, 4) is 0 Å². The van der Waals surface area contributed by atoms with E-state index >= 15 is 0 Å². The van der Waals surface area contributed by atoms with Crippen LogP contribution in [0.2, 0.25) is 17.6 Å². The summed E-state index contributed by atoms with van der Waals surface area (Å²) in [6.07, 6.45) is 11.3. The highest BCUT2D eigenvalue weighted by molar-refractivity contribution is 6.74. The largest absolute Gasteiger partial charge is 0.431 e. The molecule has 1 N–H and O–H groups in total. The topological polar surface area (TPSA) is 20.2 Å². The van der Waals surface area contributed by atoms with Gasteiger partial charge in [0.05, 0.1) is 0 Å². The van der Waals surface area contributed by atoms with Crippen molar-refractivity contribution in [2.24, 2.45) is 5.92 Å². The lowest BCUT2D eigenvalue weighted by molar-refractivity contribution is 0.359. The van der Waals surface area contributed by atoms with Gasteiger partial charge in [0.2, 0.25) is 0 Å². The molecule has 0 aromatic heterocycles. The van der Waals surface area contributed by atoms with Crippen LogP contribution >= 0.6 is 0 Å². The van der Waals surface area contributed by atoms with Gasteiger partial charge < -0.3 is 4.80 Å². The zero-order valence-electron chi connectivity index (χ0n) is 12.4. The Labute approximate surface area is 109 Å². The normalized spacial score (nSPS) is 23.8. The van der Waals surface area contributed by atoms with Crippen LogP contribution in [0.25, 0.3) is 0 Å². The summed E-state index contributed by atoms with van der Waals surface area (Å²) in [4.78, 5) is 10.6. The highest BCUT2D eigenvalue weighted by Gasteiger charge is 2.38. The minimum Gasteiger partial charge on any atom is -0.431 e. The van der Waals surface area contributed by atoms with E-state index in [-0.39, 0.29) is 5.04 Å². The third-order valence-corrected chi connectivity index (χ3v) is 9.37. The van der Waals surface area contributed by atoms with Gasteiger partial charge in [-0.25, -0.2) is 0 Å². The molecule has 0 aromatic rings. The van der Waals surface area contributed by atoms with Gasteiger partial charge in [0.1, 0.15) is 0 Å². The van der Waals surface area contributed by atoms with E-state index in [1.54, 1.807) is 0 Å². The van der Waals surface area contributed by atoms with Crippen molar-refractivity contribution in [2.75, 3.05) is 0 Å². The first-order valence-electron chi connectivity index (χ1n) is 7.55. The third-order valence-electron chi connectivity index (χ3n) is 4.88. The van der Waals surface area contributed by atoms with Crippen molar-refractivity contribution < 1.29 is 4.80 Å². The molecule has 1 fully saturated rings. The van der Waals surface area contributed by atoms with Crippen LogP contribution in [-0.2, 0) is 0 Å². The van der Waals surface area contributed by atoms with Crippen LogP contribution in [0, 0.1) is 5.92 Å². The van der Waals surface area contributed by atoms with Crippen molar-refractivity contribution in [1.82, 2.24) is 0 Å². The summed E-state index contributed by atoms with van der Waals surface area (Å²) < 4.78 is 0. The molecule has 2 heteroatoms. The molecule has 0 amide bonds. The van der Waals surface area contributed by atoms with Crippen molar-refractivity contribution in [2.45, 2.75) is 89.8 Å². The highest BCUT2D eigenvalue weighted by atomic mass is 28.4. The Morgan fingerprint density at radius 1 is 1.00 bits per heavy atom. The molecule has 0 saturated heterocycles. The standard InChI is InChI=1S/C15H32OSi/c1-15(2,3)17(4,16)13-12-14-10-8-6-5-7-9-11-14/h14,16H,5-13H2,1-4H3. The van der Waals surface area contributed by atoms with Gasteiger partial charge in [-0.1, -0.05) is 72.1 Å². The molecule has 0 radical (unpaired) electrons. The summed E-state index contributed by atoms with van der Waals surface area (Å²) in [5.41, 5.74) is 0. The van der Waals surface area contributed by atoms with Gasteiger partial charge in [-0.2, -0.15) is 0 Å². The highest BCUT2D eigenvalue weighted by Crippen LogP contribution is 2.39. The van der Waals surface area contributed by atoms with Crippen molar-refractivity contribution >= 4 is 8.32 Å². The smallest absolute Gasteiger partial charge is 0.190 e. The Bertz CT molecular complexity index is 209. The molecule has 1 nitrogen and oxygen atoms in total. The van der Waals surface area contributed by atoms with Crippen LogP contribution in [-0.4, -0.2) is 13.1 Å². The van der Waals surface area contributed by atoms with Crippen LogP contribution < -0.4 is 0 Å². The second-order valence-electron chi connectivity index (χ2n) is 7.27. The molecule has 0 aliphatic heterocycles. The molecule has 1 unspecified atom stereocenters. The van der Waals surface area contributed by atoms with E-state index in [2.05, 4.69) is 27.3 Å². The third kappa shape index (κ3) is 5.13. The lowest BCUT2D eigenvalue weighted by atomic mass is 9.89. The number of hydrogen-bond acceptors (Lipinski definition) is 1. The second-order valence-corrected chi connectivity index (χ2v) is 11.8. The molecular weight excluding hydrogens is 224 g/mol. The molecule has 0 bridgehead atoms. The Balaban J connectivity index is 2.37. The first-order valence-corrected chi connectivity index (χ1v) is 10.2. The van der Waals surface area contributed by atoms with Gasteiger partial charge in [0.25, 0.3) is 0 Å². The summed E-state index contributed by atoms with van der Waals surface area (Å²) in [5.74, 6) is 0.900. The van der Waals surface area contributed by atoms with E-state index in [0.717, 1.165) is 12.0 Å². The van der Waals surface area contributed by atoms with E-state index in [9.17, 15) is 4.80 Å². The average molecular weight is 257 g/mol. The Morgan fingerprint density at radius 3 is 1.94 bits per heavy atom. The summed E-state index contributed by atoms with van der Waals surface area (Å²) in [6, 6.07) is 1.10. The van der Waals surface area contributed by atoms with Gasteiger partial charge in [-0.05, 0) is 23.5 Å². The van der Waals surface area contributed by atoms with Crippen molar-refractivity contribution in [3.63, 3.8) is 0 Å². The quantitative estimate of drug-likeness (QED) is 0.696. The summed E-state index contributed by atoms with van der Waals surface area (Å²) >= 11 is 0. The van der Waals surface area contributed by atoms with E-state index < -0.39 is 8.32 Å². The predicted molar refractivity (Wildman–Crippen MR) is 78.8 cm³/mol. The predicted octanol–water partition coefficient (Wildman–Crippen LogP) is 5.10. The van der Waals surface area contributed by atoms with E-state index in [1.165, 1.54) is 51.4 Å². The molecule has 17 heavy (non-hydrogen) atoms. The van der Waals surface area contributed by atoms with Crippen LogP contribution in [0.3, 0.4) is 0 Å². The molecule has 1 aliphatic rings. The molecule has 1 saturated carbocycles. The summed E-state index contributed by atoms with van der Waals surface area (Å²) in [6.45, 7) is 8.77. The summed E-state index contributed by atoms with van der Waals surface area (Å²) in [5, 5.41) is 0.134. The van der Waals surface area contributed by atoms with Gasteiger partial charge >= 0.3 is 0 Å². The molecule has 102 valence electrons. The van der Waals surface area contributed by atoms with E-state index in [4.69, 9.17) is 0 Å². The zero-order chi connectivity index (χ0) is 12.9. The van der Waals surface area contributed by atoms with E-state index in [0.29, 0.717) is 0 Å². The monoisotopic (exact) mass is 256 g/mol. The van der Waals surface area contributed by atoms with Gasteiger partial charge in [0.15, 0.2) is 8.32 Å². The van der Waals surface area contributed by atoms with Gasteiger partial charge in [-0.3, -0.25) is 0 Å². The fraction of sp³-hybridized carbons (Fsp3) is 1.00. The Kier molecular flexibility index (Phi) is 5.71. The summed E-state index contributed by atoms with van der Waals surface area (Å²) in [7, 11) is -2.02. The van der Waals surface area contributed by atoms with Gasteiger partial charge in [0, 0.05) is 0 Å². The Hall–Kier alpha value is 0.177. The van der Waals surface area contributed by atoms with Gasteiger partial charge in [-0.15, -0.1) is 0 Å².